The van der Waals surface area contributed by atoms with Crippen LogP contribution in [-0.2, 0) is 0 Å². The number of nitro groups is 1. The molecule has 0 amide bonds. The van der Waals surface area contributed by atoms with E-state index in [2.05, 4.69) is 5.32 Å². The largest absolute Gasteiger partial charge is 0.371 e. The number of quaternary nitrogens is 1. The lowest BCUT2D eigenvalue weighted by molar-refractivity contribution is -0.868. The Morgan fingerprint density at radius 1 is 1.33 bits per heavy atom. The Balaban J connectivity index is 2.92. The minimum absolute atomic E-state index is 0.310. The van der Waals surface area contributed by atoms with Gasteiger partial charge in [0.25, 0.3) is 5.69 Å². The molecular formula is C11H16F2N3O2+. The maximum absolute atomic E-state index is 13.5. The number of likely N-dealkylation sites (N-methyl/N-ethyl adjacent to an activating group) is 1. The molecule has 0 unspecified atom stereocenters. The predicted molar refractivity (Wildman–Crippen MR) is 64.4 cm³/mol. The fourth-order valence-corrected chi connectivity index (χ4v) is 1.38. The minimum Gasteiger partial charge on any atom is -0.371 e. The average Bonchev–Trinajstić information content (AvgIpc) is 2.22. The lowest BCUT2D eigenvalue weighted by atomic mass is 10.2. The number of nitrogens with zero attached hydrogens (tertiary/aromatic N) is 2. The molecule has 1 aromatic rings. The number of nitro benzene ring substituents is 1. The van der Waals surface area contributed by atoms with Crippen LogP contribution in [0.4, 0.5) is 20.2 Å². The van der Waals surface area contributed by atoms with E-state index in [-0.39, 0.29) is 0 Å². The first kappa shape index (κ1) is 14.3. The second-order valence-electron chi connectivity index (χ2n) is 4.95. The molecule has 0 aliphatic rings. The second kappa shape index (κ2) is 5.26. The minimum atomic E-state index is -1.22. The van der Waals surface area contributed by atoms with Crippen molar-refractivity contribution in [3.8, 4) is 0 Å². The summed E-state index contributed by atoms with van der Waals surface area (Å²) in [6, 6.07) is 1.70. The van der Waals surface area contributed by atoms with Gasteiger partial charge in [-0.05, 0) is 6.07 Å². The highest BCUT2D eigenvalue weighted by Crippen LogP contribution is 2.28. The van der Waals surface area contributed by atoms with Crippen molar-refractivity contribution in [1.82, 2.24) is 0 Å². The van der Waals surface area contributed by atoms with E-state index in [1.165, 1.54) is 0 Å². The van der Waals surface area contributed by atoms with Crippen LogP contribution in [0.25, 0.3) is 0 Å². The molecule has 0 spiro atoms. The van der Waals surface area contributed by atoms with Crippen molar-refractivity contribution in [2.45, 2.75) is 0 Å². The SMILES string of the molecule is C[N+](C)(C)CCNc1c([N+](=O)[O-])ccc(F)c1F. The number of hydrogen-bond donors (Lipinski definition) is 1. The van der Waals surface area contributed by atoms with Gasteiger partial charge in [0.05, 0.1) is 39.2 Å². The molecule has 0 aliphatic heterocycles. The van der Waals surface area contributed by atoms with E-state index in [1.807, 2.05) is 21.1 Å². The van der Waals surface area contributed by atoms with E-state index < -0.39 is 27.9 Å². The van der Waals surface area contributed by atoms with E-state index in [4.69, 9.17) is 0 Å². The van der Waals surface area contributed by atoms with Gasteiger partial charge in [0.15, 0.2) is 17.3 Å². The molecule has 0 aromatic heterocycles. The highest BCUT2D eigenvalue weighted by molar-refractivity contribution is 5.62. The Bertz CT molecular complexity index is 458. The van der Waals surface area contributed by atoms with Crippen LogP contribution in [0.1, 0.15) is 0 Å². The van der Waals surface area contributed by atoms with Crippen molar-refractivity contribution in [2.75, 3.05) is 39.5 Å². The smallest absolute Gasteiger partial charge is 0.295 e. The summed E-state index contributed by atoms with van der Waals surface area (Å²) in [5.41, 5.74) is -0.858. The number of hydrogen-bond acceptors (Lipinski definition) is 3. The molecule has 100 valence electrons. The number of anilines is 1. The lowest BCUT2D eigenvalue weighted by Crippen LogP contribution is -2.38. The van der Waals surface area contributed by atoms with Crippen molar-refractivity contribution >= 4 is 11.4 Å². The highest BCUT2D eigenvalue weighted by Gasteiger charge is 2.21. The van der Waals surface area contributed by atoms with E-state index in [0.717, 1.165) is 12.1 Å². The fourth-order valence-electron chi connectivity index (χ4n) is 1.38. The molecule has 1 aromatic carbocycles. The summed E-state index contributed by atoms with van der Waals surface area (Å²) < 4.78 is 27.1. The van der Waals surface area contributed by atoms with Gasteiger partial charge in [0, 0.05) is 6.07 Å². The summed E-state index contributed by atoms with van der Waals surface area (Å²) in [5, 5.41) is 13.3. The van der Waals surface area contributed by atoms with Gasteiger partial charge >= 0.3 is 0 Å². The van der Waals surface area contributed by atoms with Crippen molar-refractivity contribution in [3.05, 3.63) is 33.9 Å². The first-order valence-electron chi connectivity index (χ1n) is 5.39. The number of rotatable bonds is 5. The zero-order valence-electron chi connectivity index (χ0n) is 10.5. The highest BCUT2D eigenvalue weighted by atomic mass is 19.2. The molecule has 7 heteroatoms. The van der Waals surface area contributed by atoms with Gasteiger partial charge in [-0.1, -0.05) is 0 Å². The summed E-state index contributed by atoms with van der Waals surface area (Å²) in [6.07, 6.45) is 0. The van der Waals surface area contributed by atoms with Crippen LogP contribution in [0.15, 0.2) is 12.1 Å². The Morgan fingerprint density at radius 2 is 1.94 bits per heavy atom. The van der Waals surface area contributed by atoms with Crippen molar-refractivity contribution in [3.63, 3.8) is 0 Å². The van der Waals surface area contributed by atoms with Gasteiger partial charge in [-0.2, -0.15) is 0 Å². The Hall–Kier alpha value is -1.76. The van der Waals surface area contributed by atoms with E-state index in [0.29, 0.717) is 17.6 Å². The summed E-state index contributed by atoms with van der Waals surface area (Å²) >= 11 is 0. The molecule has 0 heterocycles. The summed E-state index contributed by atoms with van der Waals surface area (Å²) in [7, 11) is 5.79. The molecule has 1 rings (SSSR count). The van der Waals surface area contributed by atoms with Crippen LogP contribution in [0.2, 0.25) is 0 Å². The standard InChI is InChI=1S/C11H16F2N3O2/c1-16(2,3)7-6-14-11-9(15(17)18)5-4-8(12)10(11)13/h4-5,14H,6-7H2,1-3H3/q+1. The first-order chi connectivity index (χ1) is 8.22. The summed E-state index contributed by atoms with van der Waals surface area (Å²) in [6.45, 7) is 0.928. The number of halogens is 2. The zero-order chi connectivity index (χ0) is 13.9. The third kappa shape index (κ3) is 3.63. The van der Waals surface area contributed by atoms with E-state index in [1.54, 1.807) is 0 Å². The van der Waals surface area contributed by atoms with Crippen molar-refractivity contribution in [1.29, 1.82) is 0 Å². The number of nitrogens with one attached hydrogen (secondary N) is 1. The molecule has 0 saturated heterocycles. The molecule has 0 saturated carbocycles. The van der Waals surface area contributed by atoms with E-state index >= 15 is 0 Å². The molecule has 18 heavy (non-hydrogen) atoms. The summed E-state index contributed by atoms with van der Waals surface area (Å²) in [5.74, 6) is -2.32. The van der Waals surface area contributed by atoms with Crippen molar-refractivity contribution < 1.29 is 18.2 Å². The molecule has 0 aliphatic carbocycles. The maximum atomic E-state index is 13.5. The van der Waals surface area contributed by atoms with Gasteiger partial charge in [0.2, 0.25) is 0 Å². The third-order valence-corrected chi connectivity index (χ3v) is 2.35. The lowest BCUT2D eigenvalue weighted by Gasteiger charge is -2.24. The first-order valence-corrected chi connectivity index (χ1v) is 5.39. The Kier molecular flexibility index (Phi) is 4.18. The topological polar surface area (TPSA) is 55.2 Å². The molecule has 5 nitrogen and oxygen atoms in total. The van der Waals surface area contributed by atoms with Crippen LogP contribution in [-0.4, -0.2) is 43.6 Å². The zero-order valence-corrected chi connectivity index (χ0v) is 10.5. The van der Waals surface area contributed by atoms with Crippen molar-refractivity contribution in [2.24, 2.45) is 0 Å². The predicted octanol–water partition coefficient (Wildman–Crippen LogP) is 1.99. The van der Waals surface area contributed by atoms with Gasteiger partial charge in [-0.3, -0.25) is 10.1 Å². The monoisotopic (exact) mass is 260 g/mol. The molecule has 0 fully saturated rings. The molecule has 1 N–H and O–H groups in total. The fraction of sp³-hybridized carbons (Fsp3) is 0.455. The normalized spacial score (nSPS) is 11.4. The molecule has 0 atom stereocenters. The molecule has 0 bridgehead atoms. The average molecular weight is 260 g/mol. The molecule has 0 radical (unpaired) electrons. The van der Waals surface area contributed by atoms with Crippen LogP contribution in [0.3, 0.4) is 0 Å². The van der Waals surface area contributed by atoms with Gasteiger partial charge in [0.1, 0.15) is 0 Å². The molecular weight excluding hydrogens is 244 g/mol. The summed E-state index contributed by atoms with van der Waals surface area (Å²) in [4.78, 5) is 9.98. The Labute approximate surface area is 104 Å². The van der Waals surface area contributed by atoms with Crippen LogP contribution >= 0.6 is 0 Å². The van der Waals surface area contributed by atoms with Crippen LogP contribution in [0, 0.1) is 21.7 Å². The number of benzene rings is 1. The van der Waals surface area contributed by atoms with Gasteiger partial charge < -0.3 is 9.80 Å². The maximum Gasteiger partial charge on any atom is 0.295 e. The van der Waals surface area contributed by atoms with Gasteiger partial charge in [-0.15, -0.1) is 0 Å². The van der Waals surface area contributed by atoms with Crippen LogP contribution in [0.5, 0.6) is 0 Å². The van der Waals surface area contributed by atoms with Crippen LogP contribution < -0.4 is 5.32 Å². The van der Waals surface area contributed by atoms with E-state index in [9.17, 15) is 18.9 Å². The van der Waals surface area contributed by atoms with Gasteiger partial charge in [-0.25, -0.2) is 8.78 Å². The Morgan fingerprint density at radius 3 is 2.44 bits per heavy atom. The quantitative estimate of drug-likeness (QED) is 0.500. The second-order valence-corrected chi connectivity index (χ2v) is 4.95. The third-order valence-electron chi connectivity index (χ3n) is 2.35.